The lowest BCUT2D eigenvalue weighted by molar-refractivity contribution is -0.121. The number of carbonyl (C=O) groups is 2. The van der Waals surface area contributed by atoms with E-state index in [1.807, 2.05) is 6.07 Å². The third-order valence-electron chi connectivity index (χ3n) is 3.97. The van der Waals surface area contributed by atoms with Crippen LogP contribution < -0.4 is 10.6 Å². The zero-order valence-electron chi connectivity index (χ0n) is 15.3. The van der Waals surface area contributed by atoms with Gasteiger partial charge in [-0.15, -0.1) is 0 Å². The van der Waals surface area contributed by atoms with Crippen LogP contribution in [0.3, 0.4) is 0 Å². The highest BCUT2D eigenvalue weighted by Crippen LogP contribution is 2.19. The van der Waals surface area contributed by atoms with E-state index >= 15 is 0 Å². The Bertz CT molecular complexity index is 833. The minimum Gasteiger partial charge on any atom is -0.386 e. The fourth-order valence-corrected chi connectivity index (χ4v) is 2.53. The molecule has 0 spiro atoms. The summed E-state index contributed by atoms with van der Waals surface area (Å²) in [4.78, 5) is 26.0. The molecule has 9 heteroatoms. The molecule has 2 unspecified atom stereocenters. The van der Waals surface area contributed by atoms with E-state index < -0.39 is 29.6 Å². The summed E-state index contributed by atoms with van der Waals surface area (Å²) in [7, 11) is 0. The van der Waals surface area contributed by atoms with Gasteiger partial charge < -0.3 is 15.7 Å². The van der Waals surface area contributed by atoms with Crippen LogP contribution in [0, 0.1) is 0 Å². The van der Waals surface area contributed by atoms with Gasteiger partial charge in [-0.2, -0.15) is 0 Å². The van der Waals surface area contributed by atoms with Gasteiger partial charge in [-0.05, 0) is 28.8 Å². The standard InChI is InChI=1S/C20H20Cl2FN3O3/c21-19(22)20(29)26-16(10-23)18(28)15-6-3-13(4-7-15)5-8-17(27)25-12-14-2-1-9-24-11-14/h1-9,11,16,18-19,28H,10,12H2,(H,25,27)(H,26,29). The van der Waals surface area contributed by atoms with Crippen molar-refractivity contribution in [1.82, 2.24) is 15.6 Å². The summed E-state index contributed by atoms with van der Waals surface area (Å²) in [5, 5.41) is 15.3. The van der Waals surface area contributed by atoms with E-state index in [1.54, 1.807) is 48.8 Å². The molecule has 6 nitrogen and oxygen atoms in total. The number of aliphatic hydroxyl groups excluding tert-OH is 1. The van der Waals surface area contributed by atoms with Gasteiger partial charge in [0.25, 0.3) is 5.91 Å². The zero-order valence-corrected chi connectivity index (χ0v) is 16.8. The molecule has 0 aliphatic heterocycles. The van der Waals surface area contributed by atoms with Crippen molar-refractivity contribution < 1.29 is 19.1 Å². The maximum atomic E-state index is 13.2. The van der Waals surface area contributed by atoms with E-state index in [0.29, 0.717) is 17.7 Å². The predicted molar refractivity (Wildman–Crippen MR) is 110 cm³/mol. The van der Waals surface area contributed by atoms with E-state index in [4.69, 9.17) is 23.2 Å². The maximum absolute atomic E-state index is 13.2. The lowest BCUT2D eigenvalue weighted by Crippen LogP contribution is -2.43. The van der Waals surface area contributed by atoms with Crippen LogP contribution in [0.15, 0.2) is 54.9 Å². The number of pyridine rings is 1. The summed E-state index contributed by atoms with van der Waals surface area (Å²) in [6, 6.07) is 8.93. The van der Waals surface area contributed by atoms with Crippen LogP contribution >= 0.6 is 23.2 Å². The van der Waals surface area contributed by atoms with Gasteiger partial charge in [0.1, 0.15) is 12.8 Å². The molecule has 2 aromatic rings. The molecule has 29 heavy (non-hydrogen) atoms. The number of carbonyl (C=O) groups excluding carboxylic acids is 2. The van der Waals surface area contributed by atoms with Crippen molar-refractivity contribution in [2.45, 2.75) is 23.5 Å². The van der Waals surface area contributed by atoms with Gasteiger partial charge in [-0.25, -0.2) is 4.39 Å². The van der Waals surface area contributed by atoms with Crippen LogP contribution in [0.1, 0.15) is 22.8 Å². The zero-order chi connectivity index (χ0) is 21.2. The van der Waals surface area contributed by atoms with Crippen LogP contribution in [-0.4, -0.2) is 39.5 Å². The molecule has 0 radical (unpaired) electrons. The van der Waals surface area contributed by atoms with Crippen molar-refractivity contribution in [2.75, 3.05) is 6.67 Å². The van der Waals surface area contributed by atoms with Gasteiger partial charge in [-0.1, -0.05) is 53.5 Å². The molecule has 2 atom stereocenters. The van der Waals surface area contributed by atoms with Crippen LogP contribution in [0.4, 0.5) is 4.39 Å². The molecule has 2 amide bonds. The first kappa shape index (κ1) is 22.8. The van der Waals surface area contributed by atoms with Crippen molar-refractivity contribution >= 4 is 41.1 Å². The monoisotopic (exact) mass is 439 g/mol. The van der Waals surface area contributed by atoms with E-state index in [0.717, 1.165) is 5.56 Å². The molecule has 0 fully saturated rings. The highest BCUT2D eigenvalue weighted by molar-refractivity contribution is 6.53. The van der Waals surface area contributed by atoms with E-state index in [-0.39, 0.29) is 5.91 Å². The Morgan fingerprint density at radius 2 is 1.93 bits per heavy atom. The molecule has 2 rings (SSSR count). The lowest BCUT2D eigenvalue weighted by Gasteiger charge is -2.22. The molecule has 1 aromatic heterocycles. The highest BCUT2D eigenvalue weighted by atomic mass is 35.5. The number of alkyl halides is 3. The van der Waals surface area contributed by atoms with Gasteiger partial charge in [0.15, 0.2) is 4.84 Å². The van der Waals surface area contributed by atoms with E-state index in [2.05, 4.69) is 15.6 Å². The molecule has 0 saturated carbocycles. The topological polar surface area (TPSA) is 91.3 Å². The van der Waals surface area contributed by atoms with Crippen molar-refractivity contribution in [2.24, 2.45) is 0 Å². The predicted octanol–water partition coefficient (Wildman–Crippen LogP) is 2.70. The summed E-state index contributed by atoms with van der Waals surface area (Å²) in [5.74, 6) is -1.05. The number of benzene rings is 1. The first-order valence-corrected chi connectivity index (χ1v) is 9.55. The largest absolute Gasteiger partial charge is 0.386 e. The number of nitrogens with zero attached hydrogens (tertiary/aromatic N) is 1. The minimum atomic E-state index is -1.35. The maximum Gasteiger partial charge on any atom is 0.253 e. The number of hydrogen-bond donors (Lipinski definition) is 3. The molecule has 0 aliphatic carbocycles. The van der Waals surface area contributed by atoms with Gasteiger partial charge in [-0.3, -0.25) is 14.6 Å². The van der Waals surface area contributed by atoms with Crippen LogP contribution in [0.5, 0.6) is 0 Å². The minimum absolute atomic E-state index is 0.269. The number of amides is 2. The summed E-state index contributed by atoms with van der Waals surface area (Å²) in [5.41, 5.74) is 1.99. The van der Waals surface area contributed by atoms with Gasteiger partial charge in [0, 0.05) is 25.0 Å². The van der Waals surface area contributed by atoms with Crippen molar-refractivity contribution in [3.63, 3.8) is 0 Å². The van der Waals surface area contributed by atoms with Crippen molar-refractivity contribution in [1.29, 1.82) is 0 Å². The Hall–Kier alpha value is -2.48. The van der Waals surface area contributed by atoms with Gasteiger partial charge in [0.2, 0.25) is 5.91 Å². The highest BCUT2D eigenvalue weighted by Gasteiger charge is 2.25. The van der Waals surface area contributed by atoms with E-state index in [9.17, 15) is 19.1 Å². The number of hydrogen-bond acceptors (Lipinski definition) is 4. The Morgan fingerprint density at radius 3 is 2.52 bits per heavy atom. The molecular weight excluding hydrogens is 420 g/mol. The first-order valence-electron chi connectivity index (χ1n) is 8.68. The molecule has 0 saturated heterocycles. The molecule has 1 aromatic carbocycles. The van der Waals surface area contributed by atoms with Crippen LogP contribution in [-0.2, 0) is 16.1 Å². The fourth-order valence-electron chi connectivity index (χ4n) is 2.41. The number of rotatable bonds is 9. The summed E-state index contributed by atoms with van der Waals surface area (Å²) < 4.78 is 13.2. The SMILES string of the molecule is O=C(C=Cc1ccc(C(O)C(CF)NC(=O)C(Cl)Cl)cc1)NCc1cccnc1. The molecule has 1 heterocycles. The van der Waals surface area contributed by atoms with Crippen LogP contribution in [0.2, 0.25) is 0 Å². The first-order chi connectivity index (χ1) is 13.9. The summed E-state index contributed by atoms with van der Waals surface area (Å²) in [6.45, 7) is -0.629. The Labute approximate surface area is 177 Å². The van der Waals surface area contributed by atoms with Crippen molar-refractivity contribution in [3.05, 3.63) is 71.6 Å². The van der Waals surface area contributed by atoms with Gasteiger partial charge in [0.05, 0.1) is 6.04 Å². The Kier molecular flexibility index (Phi) is 9.05. The fraction of sp³-hybridized carbons (Fsp3) is 0.250. The van der Waals surface area contributed by atoms with Crippen LogP contribution in [0.25, 0.3) is 6.08 Å². The van der Waals surface area contributed by atoms with Gasteiger partial charge >= 0.3 is 0 Å². The lowest BCUT2D eigenvalue weighted by atomic mass is 10.0. The number of aliphatic hydroxyl groups is 1. The number of halogens is 3. The number of nitrogens with one attached hydrogen (secondary N) is 2. The second kappa shape index (κ2) is 11.5. The second-order valence-electron chi connectivity index (χ2n) is 6.09. The smallest absolute Gasteiger partial charge is 0.253 e. The second-order valence-corrected chi connectivity index (χ2v) is 7.19. The number of aromatic nitrogens is 1. The third-order valence-corrected chi connectivity index (χ3v) is 4.36. The normalized spacial score (nSPS) is 13.3. The molecular formula is C20H20Cl2FN3O3. The molecule has 3 N–H and O–H groups in total. The van der Waals surface area contributed by atoms with Crippen molar-refractivity contribution in [3.8, 4) is 0 Å². The molecule has 0 aliphatic rings. The van der Waals surface area contributed by atoms with E-state index in [1.165, 1.54) is 6.08 Å². The average molecular weight is 440 g/mol. The quantitative estimate of drug-likeness (QED) is 0.413. The summed E-state index contributed by atoms with van der Waals surface area (Å²) >= 11 is 10.8. The molecule has 0 bridgehead atoms. The average Bonchev–Trinajstić information content (AvgIpc) is 2.74. The third kappa shape index (κ3) is 7.45. The summed E-state index contributed by atoms with van der Waals surface area (Å²) in [6.07, 6.45) is 5.03. The Balaban J connectivity index is 1.92. The molecule has 154 valence electrons. The Morgan fingerprint density at radius 1 is 1.21 bits per heavy atom.